The Morgan fingerprint density at radius 3 is 2.25 bits per heavy atom. The molecule has 0 spiro atoms. The van der Waals surface area contributed by atoms with Gasteiger partial charge in [-0.25, -0.2) is 0 Å². The van der Waals surface area contributed by atoms with Crippen molar-refractivity contribution >= 4 is 5.69 Å². The maximum atomic E-state index is 9.21. The molecule has 0 radical (unpaired) electrons. The minimum atomic E-state index is -0.273. The predicted octanol–water partition coefficient (Wildman–Crippen LogP) is 3.99. The first-order valence-electron chi connectivity index (χ1n) is 7.27. The van der Waals surface area contributed by atoms with E-state index in [4.69, 9.17) is 15.3 Å². The van der Waals surface area contributed by atoms with Crippen LogP contribution in [0.4, 0.5) is 5.69 Å². The van der Waals surface area contributed by atoms with E-state index in [2.05, 4.69) is 5.32 Å². The van der Waals surface area contributed by atoms with E-state index in [1.54, 1.807) is 18.2 Å². The maximum Gasteiger partial charge on any atom is 0.163 e. The highest BCUT2D eigenvalue weighted by molar-refractivity contribution is 5.74. The second-order valence-corrected chi connectivity index (χ2v) is 4.72. The van der Waals surface area contributed by atoms with Gasteiger partial charge in [0.25, 0.3) is 0 Å². The van der Waals surface area contributed by atoms with Crippen molar-refractivity contribution in [1.82, 2.24) is 0 Å². The summed E-state index contributed by atoms with van der Waals surface area (Å²) >= 11 is 0. The predicted molar refractivity (Wildman–Crippen MR) is 90.5 cm³/mol. The second kappa shape index (κ2) is 8.03. The van der Waals surface area contributed by atoms with E-state index in [9.17, 15) is 5.26 Å². The molecule has 5 nitrogen and oxygen atoms in total. The van der Waals surface area contributed by atoms with Crippen molar-refractivity contribution in [1.29, 1.82) is 15.8 Å². The molecule has 0 atom stereocenters. The monoisotopic (exact) mass is 314 g/mol. The molecule has 0 aliphatic carbocycles. The summed E-state index contributed by atoms with van der Waals surface area (Å²) in [7, 11) is 0. The Morgan fingerprint density at radius 2 is 1.67 bits per heavy atom. The van der Waals surface area contributed by atoms with Crippen LogP contribution in [0.25, 0.3) is 11.1 Å². The fraction of sp³-hybridized carbons (Fsp3) is 0.105. The summed E-state index contributed by atoms with van der Waals surface area (Å²) in [6.07, 6.45) is 0. The van der Waals surface area contributed by atoms with Crippen molar-refractivity contribution in [3.8, 4) is 35.1 Å². The summed E-state index contributed by atoms with van der Waals surface area (Å²) < 4.78 is 5.56. The molecule has 5 heteroatoms. The molecule has 0 heterocycles. The molecule has 116 valence electrons. The van der Waals surface area contributed by atoms with Gasteiger partial charge >= 0.3 is 0 Å². The number of ether oxygens (including phenoxy) is 1. The zero-order valence-corrected chi connectivity index (χ0v) is 13.1. The molecule has 0 saturated carbocycles. The van der Waals surface area contributed by atoms with E-state index in [0.29, 0.717) is 18.0 Å². The molecule has 0 saturated heterocycles. The topological polar surface area (TPSA) is 92.6 Å². The SMILES string of the molecule is CCOc1ccc(-c2ccccc2)cc1NC(C#N)=C(C#N)C#N. The highest BCUT2D eigenvalue weighted by Gasteiger charge is 2.11. The van der Waals surface area contributed by atoms with Gasteiger partial charge in [0.1, 0.15) is 29.7 Å². The van der Waals surface area contributed by atoms with Crippen LogP contribution in [0.5, 0.6) is 5.75 Å². The van der Waals surface area contributed by atoms with Gasteiger partial charge in [0, 0.05) is 0 Å². The van der Waals surface area contributed by atoms with Crippen molar-refractivity contribution < 1.29 is 4.74 Å². The maximum absolute atomic E-state index is 9.21. The van der Waals surface area contributed by atoms with Crippen molar-refractivity contribution in [2.45, 2.75) is 6.92 Å². The Morgan fingerprint density at radius 1 is 0.958 bits per heavy atom. The van der Waals surface area contributed by atoms with Gasteiger partial charge in [0.15, 0.2) is 5.57 Å². The average Bonchev–Trinajstić information content (AvgIpc) is 2.64. The van der Waals surface area contributed by atoms with Crippen molar-refractivity contribution in [2.75, 3.05) is 11.9 Å². The van der Waals surface area contributed by atoms with Crippen LogP contribution in [0.3, 0.4) is 0 Å². The first kappa shape index (κ1) is 16.6. The van der Waals surface area contributed by atoms with Crippen LogP contribution in [0.1, 0.15) is 6.92 Å². The van der Waals surface area contributed by atoms with Gasteiger partial charge in [0.2, 0.25) is 0 Å². The second-order valence-electron chi connectivity index (χ2n) is 4.72. The normalized spacial score (nSPS) is 9.08. The van der Waals surface area contributed by atoms with Gasteiger partial charge in [-0.3, -0.25) is 0 Å². The van der Waals surface area contributed by atoms with Gasteiger partial charge in [-0.2, -0.15) is 15.8 Å². The Bertz CT molecular complexity index is 864. The van der Waals surface area contributed by atoms with Crippen LogP contribution in [-0.2, 0) is 0 Å². The molecule has 24 heavy (non-hydrogen) atoms. The molecule has 0 fully saturated rings. The lowest BCUT2D eigenvalue weighted by Crippen LogP contribution is -2.04. The Hall–Kier alpha value is -3.75. The number of anilines is 1. The number of rotatable bonds is 5. The third-order valence-electron chi connectivity index (χ3n) is 3.23. The lowest BCUT2D eigenvalue weighted by Gasteiger charge is -2.13. The molecule has 2 rings (SSSR count). The number of allylic oxidation sites excluding steroid dienone is 2. The Kier molecular flexibility index (Phi) is 5.56. The number of nitrogens with one attached hydrogen (secondary N) is 1. The van der Waals surface area contributed by atoms with Crippen LogP contribution < -0.4 is 10.1 Å². The molecule has 0 bridgehead atoms. The molecule has 2 aromatic carbocycles. The van der Waals surface area contributed by atoms with E-state index in [1.807, 2.05) is 55.5 Å². The minimum Gasteiger partial charge on any atom is -0.492 e. The Balaban J connectivity index is 2.51. The molecular formula is C19H14N4O. The highest BCUT2D eigenvalue weighted by atomic mass is 16.5. The summed E-state index contributed by atoms with van der Waals surface area (Å²) in [4.78, 5) is 0. The zero-order valence-electron chi connectivity index (χ0n) is 13.1. The highest BCUT2D eigenvalue weighted by Crippen LogP contribution is 2.32. The average molecular weight is 314 g/mol. The lowest BCUT2D eigenvalue weighted by molar-refractivity contribution is 0.342. The van der Waals surface area contributed by atoms with Gasteiger partial charge in [0.05, 0.1) is 12.3 Å². The standard InChI is InChI=1S/C19H14N4O/c1-2-24-19-9-8-15(14-6-4-3-5-7-14)10-17(19)23-18(13-22)16(11-20)12-21/h3-10,23H,2H2,1H3. The van der Waals surface area contributed by atoms with Crippen LogP contribution in [0.2, 0.25) is 0 Å². The lowest BCUT2D eigenvalue weighted by atomic mass is 10.0. The van der Waals surface area contributed by atoms with E-state index in [1.165, 1.54) is 0 Å². The Labute approximate surface area is 140 Å². The molecule has 0 aliphatic rings. The molecule has 0 unspecified atom stereocenters. The van der Waals surface area contributed by atoms with Gasteiger partial charge < -0.3 is 10.1 Å². The van der Waals surface area contributed by atoms with E-state index in [0.717, 1.165) is 11.1 Å². The summed E-state index contributed by atoms with van der Waals surface area (Å²) in [5.41, 5.74) is 2.08. The number of nitriles is 3. The summed E-state index contributed by atoms with van der Waals surface area (Å²) in [5.74, 6) is 0.542. The number of hydrogen-bond donors (Lipinski definition) is 1. The third-order valence-corrected chi connectivity index (χ3v) is 3.23. The van der Waals surface area contributed by atoms with E-state index in [-0.39, 0.29) is 11.3 Å². The first-order chi connectivity index (χ1) is 11.7. The molecule has 2 aromatic rings. The minimum absolute atomic E-state index is 0.105. The van der Waals surface area contributed by atoms with Crippen LogP contribution in [0, 0.1) is 34.0 Å². The van der Waals surface area contributed by atoms with E-state index >= 15 is 0 Å². The fourth-order valence-corrected chi connectivity index (χ4v) is 2.14. The van der Waals surface area contributed by atoms with Gasteiger partial charge in [-0.15, -0.1) is 0 Å². The first-order valence-corrected chi connectivity index (χ1v) is 7.27. The fourth-order valence-electron chi connectivity index (χ4n) is 2.14. The van der Waals surface area contributed by atoms with Gasteiger partial charge in [-0.05, 0) is 30.2 Å². The van der Waals surface area contributed by atoms with Crippen molar-refractivity contribution in [3.63, 3.8) is 0 Å². The van der Waals surface area contributed by atoms with Crippen LogP contribution in [-0.4, -0.2) is 6.61 Å². The largest absolute Gasteiger partial charge is 0.492 e. The van der Waals surface area contributed by atoms with Crippen molar-refractivity contribution in [2.24, 2.45) is 0 Å². The summed E-state index contributed by atoms with van der Waals surface area (Å²) in [6, 6.07) is 20.5. The smallest absolute Gasteiger partial charge is 0.163 e. The zero-order chi connectivity index (χ0) is 17.4. The number of nitrogens with zero attached hydrogens (tertiary/aromatic N) is 3. The van der Waals surface area contributed by atoms with Crippen molar-refractivity contribution in [3.05, 3.63) is 59.8 Å². The summed E-state index contributed by atoms with van der Waals surface area (Å²) in [6.45, 7) is 2.31. The molecule has 1 N–H and O–H groups in total. The third kappa shape index (κ3) is 3.71. The molecule has 0 aromatic heterocycles. The molecule has 0 aliphatic heterocycles. The molecular weight excluding hydrogens is 300 g/mol. The number of benzene rings is 2. The van der Waals surface area contributed by atoms with Gasteiger partial charge in [-0.1, -0.05) is 36.4 Å². The van der Waals surface area contributed by atoms with Crippen LogP contribution in [0.15, 0.2) is 59.8 Å². The van der Waals surface area contributed by atoms with E-state index < -0.39 is 0 Å². The number of hydrogen-bond acceptors (Lipinski definition) is 5. The van der Waals surface area contributed by atoms with Crippen LogP contribution >= 0.6 is 0 Å². The summed E-state index contributed by atoms with van der Waals surface area (Å²) in [5, 5.41) is 30.0. The molecule has 0 amide bonds. The quantitative estimate of drug-likeness (QED) is 0.842.